The Bertz CT molecular complexity index is 460. The van der Waals surface area contributed by atoms with Crippen molar-refractivity contribution in [3.05, 3.63) is 42.0 Å². The van der Waals surface area contributed by atoms with Crippen molar-refractivity contribution in [3.8, 4) is 11.3 Å². The second kappa shape index (κ2) is 3.87. The highest BCUT2D eigenvalue weighted by atomic mass is 16.3. The Morgan fingerprint density at radius 2 is 2.20 bits per heavy atom. The molecule has 1 heterocycles. The van der Waals surface area contributed by atoms with Crippen LogP contribution >= 0.6 is 0 Å². The Morgan fingerprint density at radius 1 is 1.40 bits per heavy atom. The van der Waals surface area contributed by atoms with E-state index >= 15 is 0 Å². The highest BCUT2D eigenvalue weighted by molar-refractivity contribution is 5.58. The molecule has 1 aromatic heterocycles. The van der Waals surface area contributed by atoms with Gasteiger partial charge in [0.05, 0.1) is 6.04 Å². The van der Waals surface area contributed by atoms with Crippen molar-refractivity contribution in [1.29, 1.82) is 0 Å². The van der Waals surface area contributed by atoms with Crippen molar-refractivity contribution in [2.45, 2.75) is 19.9 Å². The van der Waals surface area contributed by atoms with Gasteiger partial charge in [0.15, 0.2) is 0 Å². The molecule has 1 aromatic carbocycles. The zero-order chi connectivity index (χ0) is 10.8. The van der Waals surface area contributed by atoms with Crippen LogP contribution in [0.2, 0.25) is 0 Å². The maximum atomic E-state index is 5.68. The minimum atomic E-state index is -0.163. The molecule has 3 heteroatoms. The van der Waals surface area contributed by atoms with Crippen LogP contribution < -0.4 is 5.73 Å². The van der Waals surface area contributed by atoms with Gasteiger partial charge in [0, 0.05) is 5.56 Å². The molecule has 2 N–H and O–H groups in total. The summed E-state index contributed by atoms with van der Waals surface area (Å²) in [5.41, 5.74) is 8.78. The molecule has 0 saturated heterocycles. The van der Waals surface area contributed by atoms with Crippen LogP contribution in [0, 0.1) is 6.92 Å². The second-order valence-corrected chi connectivity index (χ2v) is 3.73. The number of nitrogens with two attached hydrogens (primary N) is 1. The molecule has 78 valence electrons. The molecule has 0 bridgehead atoms. The Morgan fingerprint density at radius 3 is 2.80 bits per heavy atom. The SMILES string of the molecule is Cc1cccc(-c2coc(C(C)N)n2)c1. The molecule has 0 radical (unpaired) electrons. The first-order valence-corrected chi connectivity index (χ1v) is 4.95. The zero-order valence-corrected chi connectivity index (χ0v) is 8.90. The van der Waals surface area contributed by atoms with E-state index in [1.807, 2.05) is 19.1 Å². The molecule has 2 rings (SSSR count). The van der Waals surface area contributed by atoms with Gasteiger partial charge in [-0.15, -0.1) is 0 Å². The van der Waals surface area contributed by atoms with Gasteiger partial charge in [-0.1, -0.05) is 23.8 Å². The number of benzene rings is 1. The maximum absolute atomic E-state index is 5.68. The lowest BCUT2D eigenvalue weighted by molar-refractivity contribution is 0.464. The lowest BCUT2D eigenvalue weighted by Crippen LogP contribution is -2.04. The molecule has 3 nitrogen and oxygen atoms in total. The third kappa shape index (κ3) is 2.07. The fourth-order valence-electron chi connectivity index (χ4n) is 1.43. The highest BCUT2D eigenvalue weighted by Crippen LogP contribution is 2.21. The summed E-state index contributed by atoms with van der Waals surface area (Å²) < 4.78 is 5.28. The minimum absolute atomic E-state index is 0.163. The Labute approximate surface area is 88.9 Å². The lowest BCUT2D eigenvalue weighted by atomic mass is 10.1. The van der Waals surface area contributed by atoms with E-state index in [0.717, 1.165) is 11.3 Å². The van der Waals surface area contributed by atoms with E-state index in [-0.39, 0.29) is 6.04 Å². The van der Waals surface area contributed by atoms with Gasteiger partial charge in [-0.2, -0.15) is 0 Å². The predicted molar refractivity (Wildman–Crippen MR) is 59.3 cm³/mol. The molecule has 1 unspecified atom stereocenters. The van der Waals surface area contributed by atoms with Crippen LogP contribution in [-0.4, -0.2) is 4.98 Å². The van der Waals surface area contributed by atoms with Gasteiger partial charge in [0.25, 0.3) is 0 Å². The van der Waals surface area contributed by atoms with Crippen molar-refractivity contribution in [3.63, 3.8) is 0 Å². The van der Waals surface area contributed by atoms with E-state index in [4.69, 9.17) is 10.2 Å². The number of oxazole rings is 1. The summed E-state index contributed by atoms with van der Waals surface area (Å²) >= 11 is 0. The lowest BCUT2D eigenvalue weighted by Gasteiger charge is -1.97. The number of aryl methyl sites for hydroxylation is 1. The smallest absolute Gasteiger partial charge is 0.211 e. The summed E-state index contributed by atoms with van der Waals surface area (Å²) in [5, 5.41) is 0. The molecule has 0 saturated carbocycles. The van der Waals surface area contributed by atoms with Gasteiger partial charge < -0.3 is 10.2 Å². The van der Waals surface area contributed by atoms with Gasteiger partial charge in [-0.3, -0.25) is 0 Å². The van der Waals surface area contributed by atoms with Crippen molar-refractivity contribution >= 4 is 0 Å². The van der Waals surface area contributed by atoms with E-state index in [1.54, 1.807) is 6.26 Å². The average Bonchev–Trinajstić information content (AvgIpc) is 2.66. The molecule has 0 amide bonds. The van der Waals surface area contributed by atoms with Crippen LogP contribution in [0.3, 0.4) is 0 Å². The first kappa shape index (κ1) is 9.93. The van der Waals surface area contributed by atoms with Crippen LogP contribution in [0.4, 0.5) is 0 Å². The van der Waals surface area contributed by atoms with Crippen LogP contribution in [-0.2, 0) is 0 Å². The van der Waals surface area contributed by atoms with Crippen molar-refractivity contribution in [2.24, 2.45) is 5.73 Å². The van der Waals surface area contributed by atoms with E-state index in [2.05, 4.69) is 24.0 Å². The predicted octanol–water partition coefficient (Wildman–Crippen LogP) is 2.67. The largest absolute Gasteiger partial charge is 0.447 e. The molecule has 0 aliphatic rings. The zero-order valence-electron chi connectivity index (χ0n) is 8.90. The van der Waals surface area contributed by atoms with E-state index in [9.17, 15) is 0 Å². The standard InChI is InChI=1S/C12H14N2O/c1-8-4-3-5-10(6-8)11-7-15-12(14-11)9(2)13/h3-7,9H,13H2,1-2H3. The van der Waals surface area contributed by atoms with Crippen LogP contribution in [0.15, 0.2) is 34.9 Å². The summed E-state index contributed by atoms with van der Waals surface area (Å²) in [5.74, 6) is 0.575. The quantitative estimate of drug-likeness (QED) is 0.814. The van der Waals surface area contributed by atoms with Gasteiger partial charge in [0.1, 0.15) is 12.0 Å². The van der Waals surface area contributed by atoms with Crippen molar-refractivity contribution in [1.82, 2.24) is 4.98 Å². The molecule has 0 aliphatic carbocycles. The maximum Gasteiger partial charge on any atom is 0.211 e. The molecular formula is C12H14N2O. The van der Waals surface area contributed by atoms with Crippen molar-refractivity contribution < 1.29 is 4.42 Å². The summed E-state index contributed by atoms with van der Waals surface area (Å²) in [6.07, 6.45) is 1.65. The molecule has 0 fully saturated rings. The number of hydrogen-bond donors (Lipinski definition) is 1. The van der Waals surface area contributed by atoms with Gasteiger partial charge in [0.2, 0.25) is 5.89 Å². The monoisotopic (exact) mass is 202 g/mol. The highest BCUT2D eigenvalue weighted by Gasteiger charge is 2.09. The first-order chi connectivity index (χ1) is 7.16. The fourth-order valence-corrected chi connectivity index (χ4v) is 1.43. The van der Waals surface area contributed by atoms with Crippen LogP contribution in [0.1, 0.15) is 24.4 Å². The molecule has 15 heavy (non-hydrogen) atoms. The molecular weight excluding hydrogens is 188 g/mol. The van der Waals surface area contributed by atoms with Crippen molar-refractivity contribution in [2.75, 3.05) is 0 Å². The first-order valence-electron chi connectivity index (χ1n) is 4.95. The summed E-state index contributed by atoms with van der Waals surface area (Å²) in [6.45, 7) is 3.90. The fraction of sp³-hybridized carbons (Fsp3) is 0.250. The minimum Gasteiger partial charge on any atom is -0.447 e. The molecule has 0 spiro atoms. The molecule has 0 aliphatic heterocycles. The Kier molecular flexibility index (Phi) is 2.56. The van der Waals surface area contributed by atoms with Gasteiger partial charge in [-0.05, 0) is 19.9 Å². The van der Waals surface area contributed by atoms with Gasteiger partial charge in [-0.25, -0.2) is 4.98 Å². The third-order valence-electron chi connectivity index (χ3n) is 2.23. The third-order valence-corrected chi connectivity index (χ3v) is 2.23. The normalized spacial score (nSPS) is 12.7. The Balaban J connectivity index is 2.37. The number of nitrogens with zero attached hydrogens (tertiary/aromatic N) is 1. The van der Waals surface area contributed by atoms with E-state index in [1.165, 1.54) is 5.56 Å². The Hall–Kier alpha value is -1.61. The van der Waals surface area contributed by atoms with Crippen LogP contribution in [0.5, 0.6) is 0 Å². The number of rotatable bonds is 2. The second-order valence-electron chi connectivity index (χ2n) is 3.73. The topological polar surface area (TPSA) is 52.0 Å². The molecule has 1 atom stereocenters. The summed E-state index contributed by atoms with van der Waals surface area (Å²) in [4.78, 5) is 4.33. The average molecular weight is 202 g/mol. The summed E-state index contributed by atoms with van der Waals surface area (Å²) in [7, 11) is 0. The van der Waals surface area contributed by atoms with E-state index in [0.29, 0.717) is 5.89 Å². The molecule has 2 aromatic rings. The van der Waals surface area contributed by atoms with Crippen LogP contribution in [0.25, 0.3) is 11.3 Å². The van der Waals surface area contributed by atoms with E-state index < -0.39 is 0 Å². The number of hydrogen-bond acceptors (Lipinski definition) is 3. The van der Waals surface area contributed by atoms with Gasteiger partial charge >= 0.3 is 0 Å². The number of aromatic nitrogens is 1. The summed E-state index contributed by atoms with van der Waals surface area (Å²) in [6, 6.07) is 7.98.